The molecule has 0 saturated heterocycles. The number of rotatable bonds is 8. The van der Waals surface area contributed by atoms with Crippen LogP contribution < -0.4 is 14.8 Å². The van der Waals surface area contributed by atoms with E-state index >= 15 is 0 Å². The van der Waals surface area contributed by atoms with Crippen LogP contribution in [0.4, 0.5) is 5.69 Å². The van der Waals surface area contributed by atoms with E-state index in [1.165, 1.54) is 14.2 Å². The first-order valence-corrected chi connectivity index (χ1v) is 8.09. The normalized spacial score (nSPS) is 10.2. The summed E-state index contributed by atoms with van der Waals surface area (Å²) in [5.74, 6) is 0.397. The van der Waals surface area contributed by atoms with E-state index in [-0.39, 0.29) is 16.5 Å². The number of nitrogens with one attached hydrogen (secondary N) is 1. The first kappa shape index (κ1) is 18.6. The van der Waals surface area contributed by atoms with Gasteiger partial charge in [-0.1, -0.05) is 11.6 Å². The molecule has 1 N–H and O–H groups in total. The average molecular weight is 363 g/mol. The molecular formula is C17H19ClN4O3. The van der Waals surface area contributed by atoms with Crippen molar-refractivity contribution in [1.82, 2.24) is 9.78 Å². The number of unbranched alkanes of at least 4 members (excludes halogenated alkanes) is 2. The fourth-order valence-corrected chi connectivity index (χ4v) is 2.61. The van der Waals surface area contributed by atoms with Crippen molar-refractivity contribution in [3.63, 3.8) is 0 Å². The lowest BCUT2D eigenvalue weighted by Gasteiger charge is -2.12. The predicted molar refractivity (Wildman–Crippen MR) is 94.2 cm³/mol. The number of nitriles is 1. The number of nitrogens with zero attached hydrogens (tertiary/aromatic N) is 3. The number of benzene rings is 1. The van der Waals surface area contributed by atoms with Crippen LogP contribution in [0.5, 0.6) is 11.5 Å². The van der Waals surface area contributed by atoms with Gasteiger partial charge < -0.3 is 14.8 Å². The summed E-state index contributed by atoms with van der Waals surface area (Å²) in [6.45, 7) is 0.689. The van der Waals surface area contributed by atoms with Crippen LogP contribution in [0, 0.1) is 11.3 Å². The first-order valence-electron chi connectivity index (χ1n) is 7.72. The molecule has 0 spiro atoms. The number of carbonyl (C=O) groups is 1. The summed E-state index contributed by atoms with van der Waals surface area (Å²) in [5, 5.41) is 15.6. The number of carbonyl (C=O) groups excluding carboxylic acids is 1. The summed E-state index contributed by atoms with van der Waals surface area (Å²) in [7, 11) is 2.96. The Bertz CT molecular complexity index is 783. The van der Waals surface area contributed by atoms with E-state index in [9.17, 15) is 4.79 Å². The van der Waals surface area contributed by atoms with Gasteiger partial charge in [-0.05, 0) is 25.0 Å². The van der Waals surface area contributed by atoms with Gasteiger partial charge in [0.15, 0.2) is 11.5 Å². The van der Waals surface area contributed by atoms with Crippen molar-refractivity contribution < 1.29 is 14.3 Å². The number of methoxy groups -OCH3 is 2. The summed E-state index contributed by atoms with van der Waals surface area (Å²) in [5.41, 5.74) is 0.845. The van der Waals surface area contributed by atoms with Gasteiger partial charge in [-0.3, -0.25) is 9.48 Å². The second-order valence-electron chi connectivity index (χ2n) is 5.22. The Morgan fingerprint density at radius 1 is 1.36 bits per heavy atom. The minimum atomic E-state index is -0.366. The molecule has 0 saturated carbocycles. The lowest BCUT2D eigenvalue weighted by molar-refractivity contribution is 0.102. The van der Waals surface area contributed by atoms with Crippen LogP contribution in [0.1, 0.15) is 29.6 Å². The summed E-state index contributed by atoms with van der Waals surface area (Å²) < 4.78 is 12.1. The van der Waals surface area contributed by atoms with Gasteiger partial charge in [0.2, 0.25) is 0 Å². The van der Waals surface area contributed by atoms with E-state index in [0.29, 0.717) is 30.2 Å². The monoisotopic (exact) mass is 362 g/mol. The van der Waals surface area contributed by atoms with E-state index in [1.54, 1.807) is 29.2 Å². The highest BCUT2D eigenvalue weighted by atomic mass is 35.5. The third-order valence-corrected chi connectivity index (χ3v) is 3.92. The summed E-state index contributed by atoms with van der Waals surface area (Å²) >= 11 is 6.24. The molecule has 1 aromatic carbocycles. The van der Waals surface area contributed by atoms with E-state index in [1.807, 2.05) is 0 Å². The highest BCUT2D eigenvalue weighted by Gasteiger charge is 2.18. The Morgan fingerprint density at radius 3 is 2.84 bits per heavy atom. The zero-order valence-corrected chi connectivity index (χ0v) is 14.8. The Kier molecular flexibility index (Phi) is 6.66. The molecule has 1 heterocycles. The maximum Gasteiger partial charge on any atom is 0.257 e. The van der Waals surface area contributed by atoms with Crippen molar-refractivity contribution in [3.05, 3.63) is 35.1 Å². The zero-order chi connectivity index (χ0) is 18.2. The van der Waals surface area contributed by atoms with Crippen molar-refractivity contribution in [3.8, 4) is 17.6 Å². The molecule has 0 aliphatic rings. The number of hydrogen-bond donors (Lipinski definition) is 1. The second-order valence-corrected chi connectivity index (χ2v) is 5.60. The topological polar surface area (TPSA) is 89.2 Å². The molecule has 2 aromatic rings. The number of halogens is 1. The lowest BCUT2D eigenvalue weighted by Crippen LogP contribution is -2.12. The largest absolute Gasteiger partial charge is 0.493 e. The summed E-state index contributed by atoms with van der Waals surface area (Å²) in [6, 6.07) is 5.31. The average Bonchev–Trinajstić information content (AvgIpc) is 3.05. The number of anilines is 1. The fourth-order valence-electron chi connectivity index (χ4n) is 2.29. The Hall–Kier alpha value is -2.72. The molecular weight excluding hydrogens is 344 g/mol. The van der Waals surface area contributed by atoms with Gasteiger partial charge >= 0.3 is 0 Å². The second kappa shape index (κ2) is 8.94. The first-order chi connectivity index (χ1) is 12.1. The molecule has 25 heavy (non-hydrogen) atoms. The highest BCUT2D eigenvalue weighted by Crippen LogP contribution is 2.37. The van der Waals surface area contributed by atoms with Crippen LogP contribution in [-0.4, -0.2) is 29.9 Å². The minimum Gasteiger partial charge on any atom is -0.493 e. The molecule has 1 amide bonds. The molecule has 0 bridgehead atoms. The molecule has 0 radical (unpaired) electrons. The number of ether oxygens (including phenoxy) is 2. The third kappa shape index (κ3) is 4.64. The molecule has 1 aromatic heterocycles. The van der Waals surface area contributed by atoms with Crippen LogP contribution in [0.25, 0.3) is 0 Å². The number of amides is 1. The third-order valence-electron chi connectivity index (χ3n) is 3.55. The summed E-state index contributed by atoms with van der Waals surface area (Å²) in [4.78, 5) is 12.4. The zero-order valence-electron chi connectivity index (χ0n) is 14.1. The standard InChI is InChI=1S/C17H19ClN4O3/c1-24-14-7-6-13(15(18)16(14)25-2)17(23)21-12-10-20-22(11-12)9-5-3-4-8-19/h6-7,10-11H,3-5,9H2,1-2H3,(H,21,23). The van der Waals surface area contributed by atoms with E-state index in [2.05, 4.69) is 16.5 Å². The van der Waals surface area contributed by atoms with Gasteiger partial charge in [-0.15, -0.1) is 0 Å². The quantitative estimate of drug-likeness (QED) is 0.726. The molecule has 0 fully saturated rings. The minimum absolute atomic E-state index is 0.184. The molecule has 0 unspecified atom stereocenters. The van der Waals surface area contributed by atoms with Gasteiger partial charge in [0, 0.05) is 19.2 Å². The maximum absolute atomic E-state index is 12.4. The van der Waals surface area contributed by atoms with Gasteiger partial charge in [0.25, 0.3) is 5.91 Å². The van der Waals surface area contributed by atoms with Crippen LogP contribution in [0.15, 0.2) is 24.5 Å². The maximum atomic E-state index is 12.4. The number of aryl methyl sites for hydroxylation is 1. The number of aromatic nitrogens is 2. The Morgan fingerprint density at radius 2 is 2.16 bits per heavy atom. The van der Waals surface area contributed by atoms with E-state index < -0.39 is 0 Å². The molecule has 0 aliphatic heterocycles. The smallest absolute Gasteiger partial charge is 0.257 e. The van der Waals surface area contributed by atoms with Gasteiger partial charge in [0.1, 0.15) is 0 Å². The van der Waals surface area contributed by atoms with Crippen molar-refractivity contribution in [2.45, 2.75) is 25.8 Å². The van der Waals surface area contributed by atoms with E-state index in [4.69, 9.17) is 26.3 Å². The lowest BCUT2D eigenvalue weighted by atomic mass is 10.2. The Labute approximate surface area is 151 Å². The molecule has 0 aliphatic carbocycles. The van der Waals surface area contributed by atoms with Gasteiger partial charge in [0.05, 0.1) is 42.8 Å². The van der Waals surface area contributed by atoms with Crippen LogP contribution in [0.3, 0.4) is 0 Å². The highest BCUT2D eigenvalue weighted by molar-refractivity contribution is 6.36. The molecule has 0 atom stereocenters. The van der Waals surface area contributed by atoms with Crippen molar-refractivity contribution in [2.24, 2.45) is 0 Å². The molecule has 8 heteroatoms. The van der Waals surface area contributed by atoms with Crippen LogP contribution in [0.2, 0.25) is 5.02 Å². The predicted octanol–water partition coefficient (Wildman–Crippen LogP) is 3.50. The SMILES string of the molecule is COc1ccc(C(=O)Nc2cnn(CCCCC#N)c2)c(Cl)c1OC. The van der Waals surface area contributed by atoms with Gasteiger partial charge in [-0.25, -0.2) is 0 Å². The van der Waals surface area contributed by atoms with Crippen molar-refractivity contribution >= 4 is 23.2 Å². The van der Waals surface area contributed by atoms with Crippen LogP contribution >= 0.6 is 11.6 Å². The van der Waals surface area contributed by atoms with Crippen molar-refractivity contribution in [2.75, 3.05) is 19.5 Å². The molecule has 2 rings (SSSR count). The molecule has 7 nitrogen and oxygen atoms in total. The van der Waals surface area contributed by atoms with Gasteiger partial charge in [-0.2, -0.15) is 10.4 Å². The fraction of sp³-hybridized carbons (Fsp3) is 0.353. The van der Waals surface area contributed by atoms with Crippen LogP contribution in [-0.2, 0) is 6.54 Å². The molecule has 132 valence electrons. The number of hydrogen-bond acceptors (Lipinski definition) is 5. The van der Waals surface area contributed by atoms with Crippen molar-refractivity contribution in [1.29, 1.82) is 5.26 Å². The Balaban J connectivity index is 2.05. The van der Waals surface area contributed by atoms with E-state index in [0.717, 1.165) is 12.8 Å². The summed E-state index contributed by atoms with van der Waals surface area (Å²) in [6.07, 6.45) is 5.50.